The van der Waals surface area contributed by atoms with Crippen LogP contribution in [0.3, 0.4) is 0 Å². The van der Waals surface area contributed by atoms with Crippen molar-refractivity contribution in [2.75, 3.05) is 0 Å². The number of ether oxygens (including phenoxy) is 1. The number of aromatic nitrogens is 1. The van der Waals surface area contributed by atoms with E-state index in [4.69, 9.17) is 4.74 Å². The second kappa shape index (κ2) is 6.76. The van der Waals surface area contributed by atoms with Crippen molar-refractivity contribution in [2.45, 2.75) is 13.8 Å². The summed E-state index contributed by atoms with van der Waals surface area (Å²) >= 11 is 0. The predicted octanol–water partition coefficient (Wildman–Crippen LogP) is 3.18. The van der Waals surface area contributed by atoms with Gasteiger partial charge in [-0.2, -0.15) is 17.7 Å². The van der Waals surface area contributed by atoms with E-state index in [2.05, 4.69) is 11.1 Å². The molecule has 0 amide bonds. The minimum absolute atomic E-state index is 0. The minimum Gasteiger partial charge on any atom is -0.465 e. The smallest absolute Gasteiger partial charge is 0.227 e. The molecule has 2 rings (SSSR count). The van der Waals surface area contributed by atoms with Gasteiger partial charge in [0.05, 0.1) is 5.56 Å². The van der Waals surface area contributed by atoms with Crippen LogP contribution in [-0.2, 0) is 32.7 Å². The summed E-state index contributed by atoms with van der Waals surface area (Å²) in [5.41, 5.74) is 1.46. The predicted molar refractivity (Wildman–Crippen MR) is 64.3 cm³/mol. The largest absolute Gasteiger partial charge is 0.465 e. The molecule has 0 N–H and O–H groups in total. The molecule has 0 unspecified atom stereocenters. The Balaban J connectivity index is 0.00000162. The summed E-state index contributed by atoms with van der Waals surface area (Å²) in [7, 11) is 0. The van der Waals surface area contributed by atoms with Gasteiger partial charge in [0.15, 0.2) is 5.78 Å². The van der Waals surface area contributed by atoms with Gasteiger partial charge < -0.3 is 4.74 Å². The van der Waals surface area contributed by atoms with Crippen molar-refractivity contribution < 1.29 is 42.2 Å². The van der Waals surface area contributed by atoms with Crippen LogP contribution in [0.5, 0.6) is 11.6 Å². The molecule has 0 fully saturated rings. The fourth-order valence-electron chi connectivity index (χ4n) is 1.47. The third-order valence-corrected chi connectivity index (χ3v) is 2.28. The van der Waals surface area contributed by atoms with E-state index in [1.54, 1.807) is 30.5 Å². The van der Waals surface area contributed by atoms with E-state index in [9.17, 15) is 4.79 Å². The molecule has 1 radical (unpaired) electrons. The monoisotopic (exact) mass is 315 g/mol. The maximum absolute atomic E-state index is 11.4. The molecule has 2 aromatic rings. The molecular weight excluding hydrogens is 303 g/mol. The molecule has 0 saturated heterocycles. The first kappa shape index (κ1) is 15.0. The van der Waals surface area contributed by atoms with E-state index >= 15 is 0 Å². The molecule has 0 spiro atoms. The van der Waals surface area contributed by atoms with Crippen molar-refractivity contribution in [2.24, 2.45) is 0 Å². The van der Waals surface area contributed by atoms with Gasteiger partial charge in [0.2, 0.25) is 5.88 Å². The number of benzene rings is 1. The second-order valence-corrected chi connectivity index (χ2v) is 3.72. The van der Waals surface area contributed by atoms with E-state index in [-0.39, 0.29) is 38.5 Å². The molecule has 18 heavy (non-hydrogen) atoms. The third kappa shape index (κ3) is 3.72. The molecule has 1 aromatic heterocycles. The van der Waals surface area contributed by atoms with Crippen molar-refractivity contribution in [1.82, 2.24) is 4.98 Å². The van der Waals surface area contributed by atoms with Crippen molar-refractivity contribution in [1.29, 1.82) is 0 Å². The Hall–Kier alpha value is -1.06. The third-order valence-electron chi connectivity index (χ3n) is 2.28. The van der Waals surface area contributed by atoms with E-state index < -0.39 is 0 Å². The molecule has 89 valence electrons. The van der Waals surface area contributed by atoms with Crippen LogP contribution in [0.4, 0.5) is 0 Å². The summed E-state index contributed by atoms with van der Waals surface area (Å²) in [5, 5.41) is 0. The minimum atomic E-state index is -0.0627. The van der Waals surface area contributed by atoms with E-state index in [0.29, 0.717) is 17.2 Å². The molecule has 0 aliphatic rings. The fourth-order valence-corrected chi connectivity index (χ4v) is 1.47. The van der Waals surface area contributed by atoms with Crippen LogP contribution >= 0.6 is 0 Å². The van der Waals surface area contributed by atoms with Gasteiger partial charge in [-0.05, 0) is 19.1 Å². The molecule has 0 aliphatic carbocycles. The fraction of sp³-hybridized carbons (Fsp3) is 0.143. The average molecular weight is 315 g/mol. The Morgan fingerprint density at radius 2 is 2.17 bits per heavy atom. The molecule has 0 saturated carbocycles. The Labute approximate surface area is 131 Å². The van der Waals surface area contributed by atoms with Gasteiger partial charge >= 0.3 is 0 Å². The maximum Gasteiger partial charge on any atom is 0.227 e. The first-order chi connectivity index (χ1) is 8.16. The number of ketones is 1. The number of carbonyl (C=O) groups excluding carboxylic acids is 1. The topological polar surface area (TPSA) is 39.2 Å². The van der Waals surface area contributed by atoms with Crippen LogP contribution in [0.2, 0.25) is 0 Å². The Bertz CT molecular complexity index is 555. The number of hydrogen-bond donors (Lipinski definition) is 0. The molecule has 0 atom stereocenters. The SMILES string of the molecule is CC(=O)c1cccnc1Oc1cc[c-]c(C)c1.[Y]. The summed E-state index contributed by atoms with van der Waals surface area (Å²) in [6.07, 6.45) is 1.60. The van der Waals surface area contributed by atoms with Crippen LogP contribution < -0.4 is 4.74 Å². The number of Topliss-reactive ketones (excluding diaryl/α,β-unsaturated/α-hetero) is 1. The van der Waals surface area contributed by atoms with E-state index in [0.717, 1.165) is 5.56 Å². The second-order valence-electron chi connectivity index (χ2n) is 3.72. The maximum atomic E-state index is 11.4. The van der Waals surface area contributed by atoms with Gasteiger partial charge in [0.25, 0.3) is 0 Å². The van der Waals surface area contributed by atoms with Crippen molar-refractivity contribution in [3.8, 4) is 11.6 Å². The molecular formula is C14H12NO2Y-. The summed E-state index contributed by atoms with van der Waals surface area (Å²) in [4.78, 5) is 15.5. The molecule has 0 bridgehead atoms. The van der Waals surface area contributed by atoms with Crippen molar-refractivity contribution in [3.05, 3.63) is 53.7 Å². The van der Waals surface area contributed by atoms with Crippen molar-refractivity contribution >= 4 is 5.78 Å². The number of pyridine rings is 1. The van der Waals surface area contributed by atoms with Gasteiger partial charge in [-0.1, -0.05) is 6.92 Å². The van der Waals surface area contributed by atoms with E-state index in [1.807, 2.05) is 13.0 Å². The Kier molecular flexibility index (Phi) is 5.64. The number of aryl methyl sites for hydroxylation is 1. The summed E-state index contributed by atoms with van der Waals surface area (Å²) in [6.45, 7) is 3.42. The van der Waals surface area contributed by atoms with Gasteiger partial charge in [-0.25, -0.2) is 4.98 Å². The molecule has 3 nitrogen and oxygen atoms in total. The zero-order chi connectivity index (χ0) is 12.3. The summed E-state index contributed by atoms with van der Waals surface area (Å²) in [5.74, 6) is 0.931. The van der Waals surface area contributed by atoms with Crippen LogP contribution in [0.15, 0.2) is 36.5 Å². The zero-order valence-electron chi connectivity index (χ0n) is 10.3. The standard InChI is InChI=1S/C14H12NO2.Y/c1-10-5-3-6-12(9-10)17-14-13(11(2)16)7-4-8-15-14;/h3-4,6-9H,1-2H3;/q-1;. The van der Waals surface area contributed by atoms with Crippen molar-refractivity contribution in [3.63, 3.8) is 0 Å². The first-order valence-corrected chi connectivity index (χ1v) is 5.29. The van der Waals surface area contributed by atoms with Gasteiger partial charge in [0.1, 0.15) is 0 Å². The summed E-state index contributed by atoms with van der Waals surface area (Å²) in [6, 6.07) is 11.9. The first-order valence-electron chi connectivity index (χ1n) is 5.29. The van der Waals surface area contributed by atoms with Crippen LogP contribution in [0.25, 0.3) is 0 Å². The Morgan fingerprint density at radius 3 is 2.83 bits per heavy atom. The average Bonchev–Trinajstić information content (AvgIpc) is 2.29. The van der Waals surface area contributed by atoms with Gasteiger partial charge in [-0.3, -0.25) is 4.79 Å². The van der Waals surface area contributed by atoms with E-state index in [1.165, 1.54) is 6.92 Å². The number of rotatable bonds is 3. The normalized spacial score (nSPS) is 9.44. The molecule has 0 aliphatic heterocycles. The zero-order valence-corrected chi connectivity index (χ0v) is 13.1. The molecule has 1 aromatic carbocycles. The number of nitrogens with zero attached hydrogens (tertiary/aromatic N) is 1. The van der Waals surface area contributed by atoms with Gasteiger partial charge in [0, 0.05) is 44.7 Å². The van der Waals surface area contributed by atoms with Crippen LogP contribution in [0, 0.1) is 13.0 Å². The van der Waals surface area contributed by atoms with Crippen LogP contribution in [-0.4, -0.2) is 10.8 Å². The van der Waals surface area contributed by atoms with Gasteiger partial charge in [-0.15, -0.1) is 12.1 Å². The number of hydrogen-bond acceptors (Lipinski definition) is 3. The number of carbonyl (C=O) groups is 1. The Morgan fingerprint density at radius 1 is 1.39 bits per heavy atom. The van der Waals surface area contributed by atoms with Crippen LogP contribution in [0.1, 0.15) is 22.8 Å². The quantitative estimate of drug-likeness (QED) is 0.645. The molecule has 4 heteroatoms. The summed E-state index contributed by atoms with van der Waals surface area (Å²) < 4.78 is 5.60. The molecule has 1 heterocycles.